The van der Waals surface area contributed by atoms with E-state index in [1.54, 1.807) is 11.8 Å². The molecule has 21 heavy (non-hydrogen) atoms. The fourth-order valence-electron chi connectivity index (χ4n) is 1.97. The zero-order valence-electron chi connectivity index (χ0n) is 12.1. The van der Waals surface area contributed by atoms with Crippen molar-refractivity contribution in [1.82, 2.24) is 10.1 Å². The van der Waals surface area contributed by atoms with Crippen molar-refractivity contribution in [2.45, 2.75) is 37.3 Å². The summed E-state index contributed by atoms with van der Waals surface area (Å²) in [6.07, 6.45) is 0.534. The van der Waals surface area contributed by atoms with Crippen LogP contribution in [0.2, 0.25) is 0 Å². The van der Waals surface area contributed by atoms with E-state index in [1.807, 2.05) is 44.2 Å². The first-order valence-corrected chi connectivity index (χ1v) is 7.64. The molecule has 2 aromatic rings. The summed E-state index contributed by atoms with van der Waals surface area (Å²) in [6.45, 7) is 3.76. The van der Waals surface area contributed by atoms with Gasteiger partial charge in [-0.3, -0.25) is 4.79 Å². The van der Waals surface area contributed by atoms with E-state index >= 15 is 0 Å². The van der Waals surface area contributed by atoms with E-state index in [2.05, 4.69) is 10.1 Å². The van der Waals surface area contributed by atoms with Gasteiger partial charge in [0, 0.05) is 11.3 Å². The first-order valence-electron chi connectivity index (χ1n) is 6.66. The van der Waals surface area contributed by atoms with Gasteiger partial charge >= 0.3 is 5.97 Å². The van der Waals surface area contributed by atoms with Crippen molar-refractivity contribution >= 4 is 17.7 Å². The Labute approximate surface area is 127 Å². The first-order chi connectivity index (χ1) is 9.94. The maximum atomic E-state index is 10.8. The van der Waals surface area contributed by atoms with Gasteiger partial charge in [-0.25, -0.2) is 0 Å². The van der Waals surface area contributed by atoms with Crippen LogP contribution in [0.1, 0.15) is 32.0 Å². The average molecular weight is 306 g/mol. The number of nitrogens with zero attached hydrogens (tertiary/aromatic N) is 2. The lowest BCUT2D eigenvalue weighted by molar-refractivity contribution is -0.139. The minimum absolute atomic E-state index is 0.0729. The van der Waals surface area contributed by atoms with Gasteiger partial charge in [-0.05, 0) is 17.5 Å². The van der Waals surface area contributed by atoms with Crippen LogP contribution in [-0.4, -0.2) is 21.2 Å². The third-order valence-corrected chi connectivity index (χ3v) is 3.89. The van der Waals surface area contributed by atoms with Gasteiger partial charge in [-0.1, -0.05) is 37.2 Å². The summed E-state index contributed by atoms with van der Waals surface area (Å²) >= 11 is 1.64. The van der Waals surface area contributed by atoms with Gasteiger partial charge in [0.05, 0.1) is 12.2 Å². The molecular weight excluding hydrogens is 288 g/mol. The molecule has 0 unspecified atom stereocenters. The molecule has 1 aromatic heterocycles. The lowest BCUT2D eigenvalue weighted by atomic mass is 9.86. The number of hydrogen-bond acceptors (Lipinski definition) is 5. The Morgan fingerprint density at radius 2 is 2.05 bits per heavy atom. The molecular formula is C15H18N2O3S. The van der Waals surface area contributed by atoms with Crippen LogP contribution in [0, 0.1) is 5.41 Å². The Kier molecular flexibility index (Phi) is 5.01. The number of aromatic nitrogens is 2. The average Bonchev–Trinajstić information content (AvgIpc) is 2.82. The Bertz CT molecular complexity index is 596. The van der Waals surface area contributed by atoms with Gasteiger partial charge in [0.25, 0.3) is 0 Å². The molecule has 0 radical (unpaired) electrons. The third-order valence-electron chi connectivity index (χ3n) is 2.88. The second-order valence-electron chi connectivity index (χ2n) is 5.62. The van der Waals surface area contributed by atoms with E-state index in [9.17, 15) is 4.79 Å². The van der Waals surface area contributed by atoms with Crippen LogP contribution < -0.4 is 0 Å². The number of carboxylic acids is 1. The van der Waals surface area contributed by atoms with E-state index < -0.39 is 11.4 Å². The molecule has 0 amide bonds. The second kappa shape index (κ2) is 6.76. The summed E-state index contributed by atoms with van der Waals surface area (Å²) in [4.78, 5) is 16.3. The van der Waals surface area contributed by atoms with Crippen molar-refractivity contribution in [3.8, 4) is 0 Å². The normalized spacial score (nSPS) is 11.5. The number of thioether (sulfide) groups is 1. The maximum Gasteiger partial charge on any atom is 0.303 e. The molecule has 0 saturated heterocycles. The third kappa shape index (κ3) is 5.23. The fourth-order valence-corrected chi connectivity index (χ4v) is 2.73. The van der Waals surface area contributed by atoms with Crippen LogP contribution in [0.4, 0.5) is 0 Å². The van der Waals surface area contributed by atoms with Crippen LogP contribution in [0.25, 0.3) is 0 Å². The van der Waals surface area contributed by atoms with Gasteiger partial charge < -0.3 is 9.63 Å². The molecule has 1 aromatic carbocycles. The molecule has 0 aliphatic carbocycles. The molecule has 0 saturated carbocycles. The minimum atomic E-state index is -0.820. The van der Waals surface area contributed by atoms with Crippen LogP contribution in [0.3, 0.4) is 0 Å². The summed E-state index contributed by atoms with van der Waals surface area (Å²) < 4.78 is 5.20. The number of rotatable bonds is 7. The summed E-state index contributed by atoms with van der Waals surface area (Å²) in [6, 6.07) is 10.0. The Hall–Kier alpha value is -1.82. The van der Waals surface area contributed by atoms with Gasteiger partial charge in [0.15, 0.2) is 5.82 Å². The highest BCUT2D eigenvalue weighted by Gasteiger charge is 2.25. The summed E-state index contributed by atoms with van der Waals surface area (Å²) in [5.41, 5.74) is -0.401. The van der Waals surface area contributed by atoms with E-state index in [1.165, 1.54) is 0 Å². The molecule has 0 aliphatic heterocycles. The topological polar surface area (TPSA) is 76.2 Å². The highest BCUT2D eigenvalue weighted by molar-refractivity contribution is 7.98. The van der Waals surface area contributed by atoms with E-state index in [4.69, 9.17) is 9.63 Å². The molecule has 112 valence electrons. The van der Waals surface area contributed by atoms with Crippen molar-refractivity contribution in [3.63, 3.8) is 0 Å². The maximum absolute atomic E-state index is 10.8. The Morgan fingerprint density at radius 1 is 1.33 bits per heavy atom. The molecule has 2 rings (SSSR count). The molecule has 6 heteroatoms. The van der Waals surface area contributed by atoms with E-state index in [0.29, 0.717) is 23.9 Å². The van der Waals surface area contributed by atoms with Gasteiger partial charge in [-0.2, -0.15) is 4.98 Å². The zero-order chi connectivity index (χ0) is 15.3. The smallest absolute Gasteiger partial charge is 0.303 e. The predicted octanol–water partition coefficient (Wildman–Crippen LogP) is 3.41. The Morgan fingerprint density at radius 3 is 2.71 bits per heavy atom. The SMILES string of the molecule is CC(C)(CC(=O)O)Cc1nc(CSc2ccccc2)no1. The number of hydrogen-bond donors (Lipinski definition) is 1. The number of benzene rings is 1. The minimum Gasteiger partial charge on any atom is -0.481 e. The number of carbonyl (C=O) groups is 1. The zero-order valence-corrected chi connectivity index (χ0v) is 12.9. The molecule has 1 N–H and O–H groups in total. The van der Waals surface area contributed by atoms with Gasteiger partial charge in [0.1, 0.15) is 0 Å². The van der Waals surface area contributed by atoms with Crippen LogP contribution in [0.15, 0.2) is 39.8 Å². The van der Waals surface area contributed by atoms with Crippen molar-refractivity contribution in [1.29, 1.82) is 0 Å². The molecule has 0 bridgehead atoms. The second-order valence-corrected chi connectivity index (χ2v) is 6.67. The summed E-state index contributed by atoms with van der Waals surface area (Å²) in [5.74, 6) is 0.932. The quantitative estimate of drug-likeness (QED) is 0.790. The number of aliphatic carboxylic acids is 1. The predicted molar refractivity (Wildman–Crippen MR) is 80.0 cm³/mol. The van der Waals surface area contributed by atoms with E-state index in [0.717, 1.165) is 4.90 Å². The highest BCUT2D eigenvalue weighted by atomic mass is 32.2. The number of carboxylic acid groups (broad SMARTS) is 1. The standard InChI is InChI=1S/C15H18N2O3S/c1-15(2,9-14(18)19)8-13-16-12(17-20-13)10-21-11-6-4-3-5-7-11/h3-7H,8-10H2,1-2H3,(H,18,19). The van der Waals surface area contributed by atoms with Gasteiger partial charge in [0.2, 0.25) is 5.89 Å². The highest BCUT2D eigenvalue weighted by Crippen LogP contribution is 2.26. The van der Waals surface area contributed by atoms with Gasteiger partial charge in [-0.15, -0.1) is 11.8 Å². The fraction of sp³-hybridized carbons (Fsp3) is 0.400. The van der Waals surface area contributed by atoms with Crippen molar-refractivity contribution < 1.29 is 14.4 Å². The van der Waals surface area contributed by atoms with Crippen LogP contribution >= 0.6 is 11.8 Å². The molecule has 0 fully saturated rings. The molecule has 0 spiro atoms. The lowest BCUT2D eigenvalue weighted by Gasteiger charge is -2.19. The summed E-state index contributed by atoms with van der Waals surface area (Å²) in [7, 11) is 0. The van der Waals surface area contributed by atoms with Crippen molar-refractivity contribution in [2.75, 3.05) is 0 Å². The van der Waals surface area contributed by atoms with Crippen molar-refractivity contribution in [3.05, 3.63) is 42.0 Å². The first kappa shape index (κ1) is 15.6. The van der Waals surface area contributed by atoms with Crippen molar-refractivity contribution in [2.24, 2.45) is 5.41 Å². The molecule has 0 atom stereocenters. The lowest BCUT2D eigenvalue weighted by Crippen LogP contribution is -2.19. The molecule has 1 heterocycles. The molecule has 0 aliphatic rings. The monoisotopic (exact) mass is 306 g/mol. The van der Waals surface area contributed by atoms with Crippen LogP contribution in [-0.2, 0) is 17.0 Å². The van der Waals surface area contributed by atoms with E-state index in [-0.39, 0.29) is 6.42 Å². The molecule has 5 nitrogen and oxygen atoms in total. The summed E-state index contributed by atoms with van der Waals surface area (Å²) in [5, 5.41) is 12.8. The van der Waals surface area contributed by atoms with Crippen LogP contribution in [0.5, 0.6) is 0 Å². The largest absolute Gasteiger partial charge is 0.481 e. The Balaban J connectivity index is 1.91.